The maximum absolute atomic E-state index is 14.8. The van der Waals surface area contributed by atoms with Crippen LogP contribution in [0.25, 0.3) is 11.1 Å². The molecule has 0 saturated heterocycles. The van der Waals surface area contributed by atoms with Crippen LogP contribution in [-0.4, -0.2) is 11.1 Å². The van der Waals surface area contributed by atoms with Crippen molar-refractivity contribution in [2.45, 2.75) is 58.5 Å². The average Bonchev–Trinajstić information content (AvgIpc) is 3.17. The van der Waals surface area contributed by atoms with Crippen LogP contribution in [0.15, 0.2) is 54.6 Å². The van der Waals surface area contributed by atoms with E-state index in [4.69, 9.17) is 9.84 Å². The third-order valence-electron chi connectivity index (χ3n) is 7.01. The van der Waals surface area contributed by atoms with Crippen molar-refractivity contribution in [3.63, 3.8) is 0 Å². The lowest BCUT2D eigenvalue weighted by Gasteiger charge is -2.30. The smallest absolute Gasteiger partial charge is 0.303 e. The second-order valence-corrected chi connectivity index (χ2v) is 9.89. The molecule has 1 N–H and O–H groups in total. The van der Waals surface area contributed by atoms with Gasteiger partial charge in [0.05, 0.1) is 0 Å². The maximum atomic E-state index is 14.8. The molecule has 0 bridgehead atoms. The zero-order valence-corrected chi connectivity index (χ0v) is 19.9. The van der Waals surface area contributed by atoms with Gasteiger partial charge in [-0.3, -0.25) is 4.79 Å². The number of hydrogen-bond donors (Lipinski definition) is 1. The number of aliphatic carboxylic acids is 1. The number of carbonyl (C=O) groups is 1. The summed E-state index contributed by atoms with van der Waals surface area (Å²) in [6, 6.07) is 13.7. The summed E-state index contributed by atoms with van der Waals surface area (Å²) in [5.41, 5.74) is 2.91. The van der Waals surface area contributed by atoms with Crippen LogP contribution in [0.4, 0.5) is 13.2 Å². The number of hydrogen-bond acceptors (Lipinski definition) is 2. The summed E-state index contributed by atoms with van der Waals surface area (Å²) in [5, 5.41) is 8.88. The number of carboxylic acids is 1. The van der Waals surface area contributed by atoms with Gasteiger partial charge in [0.1, 0.15) is 18.2 Å². The van der Waals surface area contributed by atoms with Crippen LogP contribution >= 0.6 is 0 Å². The first-order valence-electron chi connectivity index (χ1n) is 11.9. The summed E-state index contributed by atoms with van der Waals surface area (Å²) in [6.07, 6.45) is 2.95. The molecule has 35 heavy (non-hydrogen) atoms. The van der Waals surface area contributed by atoms with E-state index >= 15 is 0 Å². The topological polar surface area (TPSA) is 46.5 Å². The Morgan fingerprint density at radius 1 is 1.06 bits per heavy atom. The summed E-state index contributed by atoms with van der Waals surface area (Å²) in [7, 11) is 0. The third-order valence-corrected chi connectivity index (χ3v) is 7.01. The fourth-order valence-electron chi connectivity index (χ4n) is 5.11. The second kappa shape index (κ2) is 10.1. The minimum Gasteiger partial charge on any atom is -0.486 e. The average molecular weight is 483 g/mol. The molecule has 3 nitrogen and oxygen atoms in total. The Labute approximate surface area is 203 Å². The van der Waals surface area contributed by atoms with E-state index in [1.165, 1.54) is 12.1 Å². The van der Waals surface area contributed by atoms with Crippen LogP contribution in [0.2, 0.25) is 0 Å². The van der Waals surface area contributed by atoms with Crippen LogP contribution in [0.5, 0.6) is 5.75 Å². The molecule has 6 heteroatoms. The van der Waals surface area contributed by atoms with Gasteiger partial charge >= 0.3 is 5.97 Å². The Morgan fingerprint density at radius 3 is 2.57 bits per heavy atom. The molecule has 0 spiro atoms. The van der Waals surface area contributed by atoms with E-state index in [2.05, 4.69) is 13.8 Å². The molecule has 3 aromatic carbocycles. The molecule has 1 saturated carbocycles. The van der Waals surface area contributed by atoms with E-state index in [0.29, 0.717) is 5.56 Å². The first kappa shape index (κ1) is 24.8. The lowest BCUT2D eigenvalue weighted by atomic mass is 9.75. The third kappa shape index (κ3) is 5.53. The molecule has 1 fully saturated rings. The van der Waals surface area contributed by atoms with Crippen molar-refractivity contribution in [2.75, 3.05) is 0 Å². The lowest BCUT2D eigenvalue weighted by molar-refractivity contribution is -0.136. The van der Waals surface area contributed by atoms with Crippen LogP contribution in [0, 0.1) is 22.9 Å². The first-order valence-corrected chi connectivity index (χ1v) is 11.9. The molecule has 0 aromatic heterocycles. The molecular formula is C29H29F3O3. The fourth-order valence-corrected chi connectivity index (χ4v) is 5.11. The van der Waals surface area contributed by atoms with Crippen LogP contribution < -0.4 is 4.74 Å². The highest BCUT2D eigenvalue weighted by molar-refractivity contribution is 5.70. The van der Waals surface area contributed by atoms with Gasteiger partial charge in [0, 0.05) is 12.0 Å². The molecule has 184 valence electrons. The van der Waals surface area contributed by atoms with E-state index in [-0.39, 0.29) is 47.7 Å². The quantitative estimate of drug-likeness (QED) is 0.358. The molecule has 0 unspecified atom stereocenters. The Bertz CT molecular complexity index is 1240. The number of halogens is 3. The molecule has 0 aliphatic heterocycles. The van der Waals surface area contributed by atoms with Gasteiger partial charge in [0.25, 0.3) is 0 Å². The monoisotopic (exact) mass is 482 g/mol. The summed E-state index contributed by atoms with van der Waals surface area (Å²) in [5.74, 6) is -2.32. The maximum Gasteiger partial charge on any atom is 0.303 e. The highest BCUT2D eigenvalue weighted by Gasteiger charge is 2.37. The van der Waals surface area contributed by atoms with Gasteiger partial charge in [-0.05, 0) is 77.1 Å². The van der Waals surface area contributed by atoms with E-state index in [0.717, 1.165) is 42.5 Å². The zero-order chi connectivity index (χ0) is 25.2. The van der Waals surface area contributed by atoms with Gasteiger partial charge in [-0.2, -0.15) is 0 Å². The van der Waals surface area contributed by atoms with Crippen molar-refractivity contribution in [2.24, 2.45) is 5.41 Å². The van der Waals surface area contributed by atoms with Gasteiger partial charge in [-0.15, -0.1) is 0 Å². The molecule has 1 aliphatic carbocycles. The van der Waals surface area contributed by atoms with Crippen LogP contribution in [-0.2, 0) is 17.8 Å². The Morgan fingerprint density at radius 2 is 1.86 bits per heavy atom. The summed E-state index contributed by atoms with van der Waals surface area (Å²) < 4.78 is 49.3. The summed E-state index contributed by atoms with van der Waals surface area (Å²) >= 11 is 0. The highest BCUT2D eigenvalue weighted by atomic mass is 19.1. The number of aryl methyl sites for hydroxylation is 1. The van der Waals surface area contributed by atoms with Crippen molar-refractivity contribution in [3.05, 3.63) is 88.7 Å². The Hall–Kier alpha value is -3.28. The molecule has 1 aliphatic rings. The van der Waals surface area contributed by atoms with Crippen molar-refractivity contribution >= 4 is 5.97 Å². The molecule has 0 heterocycles. The fraction of sp³-hybridized carbons (Fsp3) is 0.345. The molecule has 4 rings (SSSR count). The van der Waals surface area contributed by atoms with E-state index in [9.17, 15) is 18.0 Å². The highest BCUT2D eigenvalue weighted by Crippen LogP contribution is 2.51. The zero-order valence-electron chi connectivity index (χ0n) is 19.9. The summed E-state index contributed by atoms with van der Waals surface area (Å²) in [6.45, 7) is 4.47. The Balaban J connectivity index is 1.65. The molecule has 3 aromatic rings. The number of benzene rings is 3. The van der Waals surface area contributed by atoms with Crippen molar-refractivity contribution < 1.29 is 27.8 Å². The molecule has 0 amide bonds. The van der Waals surface area contributed by atoms with Crippen LogP contribution in [0.1, 0.15) is 62.1 Å². The first-order chi connectivity index (χ1) is 16.7. The minimum absolute atomic E-state index is 0.00259. The lowest BCUT2D eigenvalue weighted by Crippen LogP contribution is -2.17. The SMILES string of the molecule is CC1(C)CCC[C@@H]1c1cc(COc2cccc(CCC(=O)O)c2F)ccc1-c1cc(F)ccc1F. The Kier molecular flexibility index (Phi) is 7.20. The van der Waals surface area contributed by atoms with Gasteiger partial charge < -0.3 is 9.84 Å². The van der Waals surface area contributed by atoms with Gasteiger partial charge in [0.15, 0.2) is 11.6 Å². The number of rotatable bonds is 8. The number of carboxylic acid groups (broad SMARTS) is 1. The van der Waals surface area contributed by atoms with Gasteiger partial charge in [-0.1, -0.05) is 50.6 Å². The van der Waals surface area contributed by atoms with Gasteiger partial charge in [-0.25, -0.2) is 13.2 Å². The van der Waals surface area contributed by atoms with Crippen molar-refractivity contribution in [3.8, 4) is 16.9 Å². The van der Waals surface area contributed by atoms with Gasteiger partial charge in [0.2, 0.25) is 0 Å². The molecular weight excluding hydrogens is 453 g/mol. The number of ether oxygens (including phenoxy) is 1. The normalized spacial score (nSPS) is 16.9. The van der Waals surface area contributed by atoms with Crippen molar-refractivity contribution in [1.29, 1.82) is 0 Å². The molecule has 0 radical (unpaired) electrons. The summed E-state index contributed by atoms with van der Waals surface area (Å²) in [4.78, 5) is 10.8. The van der Waals surface area contributed by atoms with E-state index in [1.807, 2.05) is 6.07 Å². The van der Waals surface area contributed by atoms with E-state index < -0.39 is 23.4 Å². The van der Waals surface area contributed by atoms with E-state index in [1.54, 1.807) is 24.3 Å². The minimum atomic E-state index is -0.993. The standard InChI is InChI=1S/C29H29F3O3/c1-29(2)14-4-6-24(29)22-15-18(8-11-21(22)23-16-20(30)10-12-25(23)31)17-35-26-7-3-5-19(28(26)32)9-13-27(33)34/h3,5,7-8,10-12,15-16,24H,4,6,9,13-14,17H2,1-2H3,(H,33,34)/t24-/m1/s1. The largest absolute Gasteiger partial charge is 0.486 e. The second-order valence-electron chi connectivity index (χ2n) is 9.89. The predicted octanol–water partition coefficient (Wildman–Crippen LogP) is 7.66. The molecule has 1 atom stereocenters. The predicted molar refractivity (Wildman–Crippen MR) is 129 cm³/mol. The van der Waals surface area contributed by atoms with Crippen LogP contribution in [0.3, 0.4) is 0 Å². The van der Waals surface area contributed by atoms with Crippen molar-refractivity contribution in [1.82, 2.24) is 0 Å².